The summed E-state index contributed by atoms with van der Waals surface area (Å²) in [6.45, 7) is 2.02. The molecular formula is C10H11N3. The molecule has 4 N–H and O–H groups in total. The Kier molecular flexibility index (Phi) is 1.59. The van der Waals surface area contributed by atoms with Crippen LogP contribution in [0.25, 0.3) is 10.9 Å². The normalized spacial score (nSPS) is 10.5. The van der Waals surface area contributed by atoms with E-state index in [4.69, 9.17) is 11.1 Å². The van der Waals surface area contributed by atoms with E-state index >= 15 is 0 Å². The lowest BCUT2D eigenvalue weighted by Gasteiger charge is -1.98. The van der Waals surface area contributed by atoms with Gasteiger partial charge in [0.25, 0.3) is 0 Å². The van der Waals surface area contributed by atoms with Crippen LogP contribution in [0.5, 0.6) is 0 Å². The SMILES string of the molecule is Cc1cccc2[nH]cc(C(=N)N)c12. The number of fused-ring (bicyclic) bond motifs is 1. The fourth-order valence-corrected chi connectivity index (χ4v) is 1.58. The summed E-state index contributed by atoms with van der Waals surface area (Å²) in [5, 5.41) is 8.44. The largest absolute Gasteiger partial charge is 0.384 e. The summed E-state index contributed by atoms with van der Waals surface area (Å²) in [5.74, 6) is 0.112. The summed E-state index contributed by atoms with van der Waals surface area (Å²) >= 11 is 0. The second-order valence-electron chi connectivity index (χ2n) is 3.11. The Bertz CT molecular complexity index is 468. The Morgan fingerprint density at radius 2 is 2.23 bits per heavy atom. The smallest absolute Gasteiger partial charge is 0.124 e. The van der Waals surface area contributed by atoms with Gasteiger partial charge in [0, 0.05) is 22.7 Å². The van der Waals surface area contributed by atoms with Crippen LogP contribution in [0.3, 0.4) is 0 Å². The summed E-state index contributed by atoms with van der Waals surface area (Å²) in [6, 6.07) is 5.98. The molecule has 0 bridgehead atoms. The lowest BCUT2D eigenvalue weighted by molar-refractivity contribution is 1.41. The third kappa shape index (κ3) is 1.09. The minimum atomic E-state index is 0.112. The number of rotatable bonds is 1. The van der Waals surface area contributed by atoms with E-state index in [9.17, 15) is 0 Å². The predicted molar refractivity (Wildman–Crippen MR) is 54.1 cm³/mol. The topological polar surface area (TPSA) is 65.7 Å². The maximum absolute atomic E-state index is 7.39. The van der Waals surface area contributed by atoms with Crippen molar-refractivity contribution in [2.75, 3.05) is 0 Å². The number of aromatic amines is 1. The number of nitrogens with two attached hydrogens (primary N) is 1. The van der Waals surface area contributed by atoms with E-state index in [2.05, 4.69) is 4.98 Å². The van der Waals surface area contributed by atoms with Crippen LogP contribution >= 0.6 is 0 Å². The minimum absolute atomic E-state index is 0.112. The van der Waals surface area contributed by atoms with Gasteiger partial charge in [0.15, 0.2) is 0 Å². The average Bonchev–Trinajstić information content (AvgIpc) is 2.49. The van der Waals surface area contributed by atoms with Gasteiger partial charge in [-0.15, -0.1) is 0 Å². The average molecular weight is 173 g/mol. The number of hydrogen-bond acceptors (Lipinski definition) is 1. The van der Waals surface area contributed by atoms with Crippen LogP contribution in [0, 0.1) is 12.3 Å². The second kappa shape index (κ2) is 2.62. The predicted octanol–water partition coefficient (Wildman–Crippen LogP) is 1.76. The summed E-state index contributed by atoms with van der Waals surface area (Å²) in [5.41, 5.74) is 8.42. The van der Waals surface area contributed by atoms with Crippen molar-refractivity contribution in [1.82, 2.24) is 4.98 Å². The van der Waals surface area contributed by atoms with E-state index < -0.39 is 0 Å². The van der Waals surface area contributed by atoms with E-state index in [0.717, 1.165) is 22.0 Å². The maximum Gasteiger partial charge on any atom is 0.124 e. The lowest BCUT2D eigenvalue weighted by atomic mass is 10.1. The minimum Gasteiger partial charge on any atom is -0.384 e. The molecule has 3 nitrogen and oxygen atoms in total. The van der Waals surface area contributed by atoms with Crippen molar-refractivity contribution in [1.29, 1.82) is 5.41 Å². The molecule has 0 saturated heterocycles. The molecule has 0 spiro atoms. The maximum atomic E-state index is 7.39. The molecule has 0 fully saturated rings. The van der Waals surface area contributed by atoms with Crippen LogP contribution in [-0.2, 0) is 0 Å². The first-order valence-electron chi connectivity index (χ1n) is 4.11. The number of nitrogens with one attached hydrogen (secondary N) is 2. The van der Waals surface area contributed by atoms with Gasteiger partial charge in [0.05, 0.1) is 0 Å². The Morgan fingerprint density at radius 3 is 2.92 bits per heavy atom. The van der Waals surface area contributed by atoms with Gasteiger partial charge in [-0.2, -0.15) is 0 Å². The molecule has 0 amide bonds. The number of aryl methyl sites for hydroxylation is 1. The summed E-state index contributed by atoms with van der Waals surface area (Å²) in [7, 11) is 0. The zero-order valence-electron chi connectivity index (χ0n) is 7.39. The van der Waals surface area contributed by atoms with Crippen molar-refractivity contribution in [3.05, 3.63) is 35.5 Å². The quantitative estimate of drug-likeness (QED) is 0.446. The van der Waals surface area contributed by atoms with Crippen LogP contribution in [-0.4, -0.2) is 10.8 Å². The van der Waals surface area contributed by atoms with Gasteiger partial charge in [-0.3, -0.25) is 5.41 Å². The molecule has 0 unspecified atom stereocenters. The molecule has 0 aliphatic carbocycles. The van der Waals surface area contributed by atoms with Crippen LogP contribution < -0.4 is 5.73 Å². The fraction of sp³-hybridized carbons (Fsp3) is 0.100. The molecule has 0 aliphatic heterocycles. The van der Waals surface area contributed by atoms with E-state index in [0.29, 0.717) is 0 Å². The van der Waals surface area contributed by atoms with Gasteiger partial charge in [0.2, 0.25) is 0 Å². The molecule has 1 aromatic carbocycles. The highest BCUT2D eigenvalue weighted by molar-refractivity contribution is 6.08. The first kappa shape index (κ1) is 7.86. The van der Waals surface area contributed by atoms with E-state index in [1.807, 2.05) is 25.1 Å². The number of aromatic nitrogens is 1. The summed E-state index contributed by atoms with van der Waals surface area (Å²) in [6.07, 6.45) is 1.78. The van der Waals surface area contributed by atoms with Gasteiger partial charge in [-0.25, -0.2) is 0 Å². The number of H-pyrrole nitrogens is 1. The van der Waals surface area contributed by atoms with E-state index in [-0.39, 0.29) is 5.84 Å². The number of hydrogen-bond donors (Lipinski definition) is 3. The molecular weight excluding hydrogens is 162 g/mol. The van der Waals surface area contributed by atoms with Crippen molar-refractivity contribution in [3.63, 3.8) is 0 Å². The van der Waals surface area contributed by atoms with Gasteiger partial charge >= 0.3 is 0 Å². The third-order valence-electron chi connectivity index (χ3n) is 2.20. The third-order valence-corrected chi connectivity index (χ3v) is 2.20. The molecule has 2 aromatic rings. The molecule has 0 aliphatic rings. The highest BCUT2D eigenvalue weighted by Crippen LogP contribution is 2.21. The Balaban J connectivity index is 2.86. The fourth-order valence-electron chi connectivity index (χ4n) is 1.58. The summed E-state index contributed by atoms with van der Waals surface area (Å²) < 4.78 is 0. The van der Waals surface area contributed by atoms with Gasteiger partial charge < -0.3 is 10.7 Å². The van der Waals surface area contributed by atoms with Gasteiger partial charge in [-0.05, 0) is 18.6 Å². The molecule has 3 heteroatoms. The first-order valence-corrected chi connectivity index (χ1v) is 4.11. The number of benzene rings is 1. The van der Waals surface area contributed by atoms with E-state index in [1.54, 1.807) is 6.20 Å². The monoisotopic (exact) mass is 173 g/mol. The molecule has 1 aromatic heterocycles. The Morgan fingerprint density at radius 1 is 1.46 bits per heavy atom. The molecule has 2 rings (SSSR count). The van der Waals surface area contributed by atoms with E-state index in [1.165, 1.54) is 0 Å². The van der Waals surface area contributed by atoms with Gasteiger partial charge in [-0.1, -0.05) is 12.1 Å². The zero-order valence-corrected chi connectivity index (χ0v) is 7.39. The highest BCUT2D eigenvalue weighted by atomic mass is 14.7. The van der Waals surface area contributed by atoms with Crippen molar-refractivity contribution in [2.45, 2.75) is 6.92 Å². The van der Waals surface area contributed by atoms with Crippen LogP contribution in [0.15, 0.2) is 24.4 Å². The summed E-state index contributed by atoms with van der Waals surface area (Å²) in [4.78, 5) is 3.09. The molecule has 0 atom stereocenters. The second-order valence-corrected chi connectivity index (χ2v) is 3.11. The number of nitrogen functional groups attached to an aromatic ring is 1. The highest BCUT2D eigenvalue weighted by Gasteiger charge is 2.07. The standard InChI is InChI=1S/C10H11N3/c1-6-3-2-4-8-9(6)7(5-13-8)10(11)12/h2-5,13H,1H3,(H3,11,12). The van der Waals surface area contributed by atoms with Crippen LogP contribution in [0.1, 0.15) is 11.1 Å². The first-order chi connectivity index (χ1) is 6.20. The lowest BCUT2D eigenvalue weighted by Crippen LogP contribution is -2.10. The molecule has 1 heterocycles. The van der Waals surface area contributed by atoms with Crippen molar-refractivity contribution < 1.29 is 0 Å². The Hall–Kier alpha value is -1.77. The van der Waals surface area contributed by atoms with Crippen molar-refractivity contribution >= 4 is 16.7 Å². The van der Waals surface area contributed by atoms with Gasteiger partial charge in [0.1, 0.15) is 5.84 Å². The molecule has 0 radical (unpaired) electrons. The Labute approximate surface area is 76.1 Å². The van der Waals surface area contributed by atoms with Crippen LogP contribution in [0.4, 0.5) is 0 Å². The molecule has 0 saturated carbocycles. The van der Waals surface area contributed by atoms with Crippen LogP contribution in [0.2, 0.25) is 0 Å². The molecule has 13 heavy (non-hydrogen) atoms. The number of amidine groups is 1. The van der Waals surface area contributed by atoms with Crippen molar-refractivity contribution in [3.8, 4) is 0 Å². The molecule has 66 valence electrons. The zero-order chi connectivity index (χ0) is 9.42. The van der Waals surface area contributed by atoms with Crippen molar-refractivity contribution in [2.24, 2.45) is 5.73 Å².